The van der Waals surface area contributed by atoms with Gasteiger partial charge in [-0.15, -0.1) is 0 Å². The summed E-state index contributed by atoms with van der Waals surface area (Å²) in [5.41, 5.74) is 8.44. The number of pyridine rings is 1. The van der Waals surface area contributed by atoms with E-state index < -0.39 is 12.1 Å². The van der Waals surface area contributed by atoms with Gasteiger partial charge in [-0.2, -0.15) is 0 Å². The lowest BCUT2D eigenvalue weighted by atomic mass is 10.0. The molecular weight excluding hydrogens is 368 g/mol. The second-order valence-electron chi connectivity index (χ2n) is 6.71. The number of rotatable bonds is 6. The molecule has 1 aromatic heterocycles. The van der Waals surface area contributed by atoms with E-state index in [0.717, 1.165) is 11.1 Å². The van der Waals surface area contributed by atoms with Crippen LogP contribution in [0.2, 0.25) is 0 Å². The van der Waals surface area contributed by atoms with Crippen LogP contribution in [-0.4, -0.2) is 23.3 Å². The summed E-state index contributed by atoms with van der Waals surface area (Å²) in [5.74, 6) is 0.0298. The number of nitrogens with one attached hydrogen (secondary N) is 1. The number of fused-ring (bicyclic) bond motifs is 1. The Morgan fingerprint density at radius 3 is 2.62 bits per heavy atom. The van der Waals surface area contributed by atoms with Crippen molar-refractivity contribution in [3.63, 3.8) is 0 Å². The quantitative estimate of drug-likeness (QED) is 0.676. The molecule has 0 unspecified atom stereocenters. The fraction of sp³-hybridized carbons (Fsp3) is 0.136. The molecule has 4 rings (SSSR count). The Hall–Kier alpha value is -3.87. The average Bonchev–Trinajstić information content (AvgIpc) is 2.75. The van der Waals surface area contributed by atoms with E-state index in [1.165, 1.54) is 0 Å². The number of nitrogens with zero attached hydrogens (tertiary/aromatic N) is 2. The molecule has 2 amide bonds. The monoisotopic (exact) mass is 388 g/mol. The normalized spacial score (nSPS) is 15.4. The molecule has 0 radical (unpaired) electrons. The number of amides is 2. The molecule has 0 saturated carbocycles. The van der Waals surface area contributed by atoms with Gasteiger partial charge in [0, 0.05) is 18.0 Å². The minimum absolute atomic E-state index is 0.0127. The average molecular weight is 388 g/mol. The van der Waals surface area contributed by atoms with E-state index in [1.807, 2.05) is 48.5 Å². The van der Waals surface area contributed by atoms with Crippen LogP contribution in [0, 0.1) is 0 Å². The molecule has 3 aromatic rings. The van der Waals surface area contributed by atoms with E-state index >= 15 is 0 Å². The Morgan fingerprint density at radius 1 is 1.10 bits per heavy atom. The second kappa shape index (κ2) is 8.02. The van der Waals surface area contributed by atoms with E-state index in [4.69, 9.17) is 10.5 Å². The summed E-state index contributed by atoms with van der Waals surface area (Å²) in [6.45, 7) is 0.399. The first-order chi connectivity index (χ1) is 14.1. The minimum atomic E-state index is -0.503. The van der Waals surface area contributed by atoms with Crippen LogP contribution in [-0.2, 0) is 11.4 Å². The van der Waals surface area contributed by atoms with Crippen LogP contribution < -0.4 is 20.7 Å². The number of ether oxygens (including phenoxy) is 1. The smallest absolute Gasteiger partial charge is 0.255 e. The number of benzene rings is 2. The Kier molecular flexibility index (Phi) is 5.11. The van der Waals surface area contributed by atoms with Gasteiger partial charge in [-0.25, -0.2) is 0 Å². The lowest BCUT2D eigenvalue weighted by Gasteiger charge is -2.38. The van der Waals surface area contributed by atoms with Crippen molar-refractivity contribution in [1.82, 2.24) is 10.3 Å². The highest BCUT2D eigenvalue weighted by atomic mass is 16.5. The molecule has 3 N–H and O–H groups in total. The molecule has 29 heavy (non-hydrogen) atoms. The third kappa shape index (κ3) is 4.03. The summed E-state index contributed by atoms with van der Waals surface area (Å²) < 4.78 is 5.79. The third-order valence-electron chi connectivity index (χ3n) is 4.69. The number of nitrogens with two attached hydrogens (primary N) is 1. The number of carbonyl (C=O) groups is 2. The van der Waals surface area contributed by atoms with Crippen molar-refractivity contribution in [2.45, 2.75) is 12.8 Å². The Labute approximate surface area is 168 Å². The van der Waals surface area contributed by atoms with Gasteiger partial charge in [-0.05, 0) is 35.9 Å². The largest absolute Gasteiger partial charge is 0.489 e. The highest BCUT2D eigenvalue weighted by molar-refractivity contribution is 6.02. The van der Waals surface area contributed by atoms with Gasteiger partial charge < -0.3 is 20.7 Å². The molecule has 1 aliphatic rings. The fourth-order valence-electron chi connectivity index (χ4n) is 3.34. The van der Waals surface area contributed by atoms with Crippen LogP contribution in [0.25, 0.3) is 0 Å². The van der Waals surface area contributed by atoms with Crippen molar-refractivity contribution in [2.24, 2.45) is 5.73 Å². The molecule has 0 saturated heterocycles. The second-order valence-corrected chi connectivity index (χ2v) is 6.71. The van der Waals surface area contributed by atoms with E-state index in [-0.39, 0.29) is 12.5 Å². The zero-order chi connectivity index (χ0) is 20.2. The maximum Gasteiger partial charge on any atom is 0.255 e. The minimum Gasteiger partial charge on any atom is -0.489 e. The molecule has 2 heterocycles. The molecule has 7 heteroatoms. The van der Waals surface area contributed by atoms with Gasteiger partial charge in [0.25, 0.3) is 5.91 Å². The summed E-state index contributed by atoms with van der Waals surface area (Å²) in [4.78, 5) is 30.1. The van der Waals surface area contributed by atoms with Gasteiger partial charge in [-0.3, -0.25) is 14.6 Å². The van der Waals surface area contributed by atoms with Crippen molar-refractivity contribution in [3.05, 3.63) is 89.7 Å². The molecule has 0 spiro atoms. The van der Waals surface area contributed by atoms with Gasteiger partial charge in [0.05, 0.1) is 17.8 Å². The number of primary amides is 1. The van der Waals surface area contributed by atoms with Crippen LogP contribution in [0.3, 0.4) is 0 Å². The fourth-order valence-corrected chi connectivity index (χ4v) is 3.34. The molecule has 2 aromatic carbocycles. The lowest BCUT2D eigenvalue weighted by molar-refractivity contribution is -0.116. The van der Waals surface area contributed by atoms with Gasteiger partial charge in [0.1, 0.15) is 18.5 Å². The first-order valence-electron chi connectivity index (χ1n) is 9.18. The maximum atomic E-state index is 12.5. The topological polar surface area (TPSA) is 97.6 Å². The van der Waals surface area contributed by atoms with Gasteiger partial charge >= 0.3 is 0 Å². The van der Waals surface area contributed by atoms with Crippen molar-refractivity contribution in [1.29, 1.82) is 0 Å². The molecular formula is C22H20N4O3. The molecule has 7 nitrogen and oxygen atoms in total. The van der Waals surface area contributed by atoms with E-state index in [0.29, 0.717) is 23.6 Å². The molecule has 0 bridgehead atoms. The summed E-state index contributed by atoms with van der Waals surface area (Å²) in [6.07, 6.45) is 2.97. The van der Waals surface area contributed by atoms with Crippen LogP contribution in [0.1, 0.15) is 27.7 Å². The van der Waals surface area contributed by atoms with Crippen molar-refractivity contribution >= 4 is 17.5 Å². The number of anilines is 1. The van der Waals surface area contributed by atoms with Crippen molar-refractivity contribution in [2.75, 3.05) is 11.4 Å². The highest BCUT2D eigenvalue weighted by Crippen LogP contribution is 2.33. The lowest BCUT2D eigenvalue weighted by Crippen LogP contribution is -2.49. The molecule has 0 fully saturated rings. The Balaban J connectivity index is 1.56. The zero-order valence-corrected chi connectivity index (χ0v) is 15.6. The molecule has 1 atom stereocenters. The number of hydrogen-bond acceptors (Lipinski definition) is 5. The van der Waals surface area contributed by atoms with Crippen molar-refractivity contribution < 1.29 is 14.3 Å². The van der Waals surface area contributed by atoms with Gasteiger partial charge in [0.15, 0.2) is 0 Å². The summed E-state index contributed by atoms with van der Waals surface area (Å²) in [7, 11) is 0. The van der Waals surface area contributed by atoms with Crippen molar-refractivity contribution in [3.8, 4) is 5.75 Å². The first kappa shape index (κ1) is 18.5. The van der Waals surface area contributed by atoms with E-state index in [9.17, 15) is 9.59 Å². The van der Waals surface area contributed by atoms with Crippen LogP contribution in [0.5, 0.6) is 5.75 Å². The van der Waals surface area contributed by atoms with Crippen LogP contribution in [0.4, 0.5) is 5.69 Å². The summed E-state index contributed by atoms with van der Waals surface area (Å²) in [5, 5.41) is 2.95. The SMILES string of the molecule is NC(=O)CN1c2ccccc2C(=O)N[C@@H]1c1ccc(OCc2cccnc2)cc1. The Morgan fingerprint density at radius 2 is 1.90 bits per heavy atom. The predicted octanol–water partition coefficient (Wildman–Crippen LogP) is 2.39. The number of hydrogen-bond donors (Lipinski definition) is 2. The highest BCUT2D eigenvalue weighted by Gasteiger charge is 2.32. The summed E-state index contributed by atoms with van der Waals surface area (Å²) in [6, 6.07) is 18.4. The first-order valence-corrected chi connectivity index (χ1v) is 9.18. The molecule has 1 aliphatic heterocycles. The standard InChI is InChI=1S/C22H20N4O3/c23-20(27)13-26-19-6-2-1-5-18(19)22(28)25-21(26)16-7-9-17(10-8-16)29-14-15-4-3-11-24-12-15/h1-12,21H,13-14H2,(H2,23,27)(H,25,28)/t21-/m0/s1. The maximum absolute atomic E-state index is 12.5. The Bertz CT molecular complexity index is 1020. The third-order valence-corrected chi connectivity index (χ3v) is 4.69. The molecule has 146 valence electrons. The number of para-hydroxylation sites is 1. The van der Waals surface area contributed by atoms with E-state index in [1.54, 1.807) is 29.4 Å². The zero-order valence-electron chi connectivity index (χ0n) is 15.6. The number of aromatic nitrogens is 1. The number of carbonyl (C=O) groups excluding carboxylic acids is 2. The van der Waals surface area contributed by atoms with E-state index in [2.05, 4.69) is 10.3 Å². The predicted molar refractivity (Wildman–Crippen MR) is 108 cm³/mol. The molecule has 0 aliphatic carbocycles. The van der Waals surface area contributed by atoms with Crippen LogP contribution in [0.15, 0.2) is 73.1 Å². The van der Waals surface area contributed by atoms with Gasteiger partial charge in [0.2, 0.25) is 5.91 Å². The van der Waals surface area contributed by atoms with Crippen LogP contribution >= 0.6 is 0 Å². The van der Waals surface area contributed by atoms with Gasteiger partial charge in [-0.1, -0.05) is 30.3 Å². The summed E-state index contributed by atoms with van der Waals surface area (Å²) >= 11 is 0.